The van der Waals surface area contributed by atoms with Crippen molar-refractivity contribution in [2.75, 3.05) is 6.54 Å². The van der Waals surface area contributed by atoms with Crippen LogP contribution >= 0.6 is 0 Å². The lowest BCUT2D eigenvalue weighted by Crippen LogP contribution is -2.20. The topological polar surface area (TPSA) is 62.5 Å². The van der Waals surface area contributed by atoms with Crippen LogP contribution in [-0.2, 0) is 11.2 Å². The lowest BCUT2D eigenvalue weighted by Gasteiger charge is -1.94. The molecular weight excluding hydrogens is 146 g/mol. The van der Waals surface area contributed by atoms with Gasteiger partial charge < -0.3 is 9.62 Å². The summed E-state index contributed by atoms with van der Waals surface area (Å²) in [5, 5.41) is 8.16. The Balaban J connectivity index is 2.37. The smallest absolute Gasteiger partial charge is 0.156 e. The molecule has 0 aliphatic carbocycles. The number of carbonyl (C=O) groups is 1. The minimum Gasteiger partial charge on any atom is -0.469 e. The zero-order valence-corrected chi connectivity index (χ0v) is 5.91. The number of nitrogens with one attached hydrogen (secondary N) is 1. The van der Waals surface area contributed by atoms with E-state index in [2.05, 4.69) is 0 Å². The van der Waals surface area contributed by atoms with E-state index in [1.54, 1.807) is 17.6 Å². The Labute approximate surface area is 63.8 Å². The van der Waals surface area contributed by atoms with Crippen LogP contribution in [0, 0.1) is 0 Å². The highest BCUT2D eigenvalue weighted by atomic mass is 16.5. The molecule has 0 aliphatic rings. The van der Waals surface area contributed by atoms with Crippen LogP contribution in [0.25, 0.3) is 0 Å². The molecule has 0 aliphatic heterocycles. The van der Waals surface area contributed by atoms with Crippen molar-refractivity contribution in [2.24, 2.45) is 0 Å². The number of furan rings is 1. The third kappa shape index (κ3) is 2.53. The van der Waals surface area contributed by atoms with Crippen LogP contribution in [0.4, 0.5) is 0 Å². The summed E-state index contributed by atoms with van der Waals surface area (Å²) in [6.07, 6.45) is 1.73. The summed E-state index contributed by atoms with van der Waals surface area (Å²) in [7, 11) is 0. The summed E-state index contributed by atoms with van der Waals surface area (Å²) < 4.78 is 4.92. The van der Waals surface area contributed by atoms with Crippen molar-refractivity contribution in [3.63, 3.8) is 0 Å². The molecule has 0 aromatic carbocycles. The molecule has 2 N–H and O–H groups in total. The van der Waals surface area contributed by atoms with Crippen molar-refractivity contribution >= 4 is 5.78 Å². The maximum atomic E-state index is 10.8. The summed E-state index contributed by atoms with van der Waals surface area (Å²) in [6, 6.07) is 3.43. The van der Waals surface area contributed by atoms with E-state index < -0.39 is 0 Å². The van der Waals surface area contributed by atoms with Crippen LogP contribution in [0.1, 0.15) is 5.76 Å². The molecular formula is C7H9NO3. The zero-order valence-electron chi connectivity index (χ0n) is 5.91. The molecule has 0 amide bonds. The first-order valence-electron chi connectivity index (χ1n) is 3.24. The van der Waals surface area contributed by atoms with Crippen LogP contribution in [0.2, 0.25) is 0 Å². The fourth-order valence-corrected chi connectivity index (χ4v) is 0.758. The summed E-state index contributed by atoms with van der Waals surface area (Å²) in [5.41, 5.74) is 1.79. The molecule has 0 saturated carbocycles. The van der Waals surface area contributed by atoms with Gasteiger partial charge in [-0.3, -0.25) is 4.79 Å². The highest BCUT2D eigenvalue weighted by Gasteiger charge is 2.03. The maximum Gasteiger partial charge on any atom is 0.156 e. The summed E-state index contributed by atoms with van der Waals surface area (Å²) in [6.45, 7) is -0.0410. The molecule has 11 heavy (non-hydrogen) atoms. The number of rotatable bonds is 4. The SMILES string of the molecule is O=C(CNO)Cc1ccco1. The summed E-state index contributed by atoms with van der Waals surface area (Å²) >= 11 is 0. The first-order chi connectivity index (χ1) is 5.33. The Morgan fingerprint density at radius 1 is 1.73 bits per heavy atom. The van der Waals surface area contributed by atoms with Gasteiger partial charge in [-0.25, -0.2) is 0 Å². The first kappa shape index (κ1) is 7.97. The third-order valence-corrected chi connectivity index (χ3v) is 1.23. The molecule has 0 radical (unpaired) electrons. The van der Waals surface area contributed by atoms with E-state index in [9.17, 15) is 4.79 Å². The maximum absolute atomic E-state index is 10.8. The molecule has 0 spiro atoms. The Morgan fingerprint density at radius 3 is 3.09 bits per heavy atom. The van der Waals surface area contributed by atoms with Gasteiger partial charge in [0.15, 0.2) is 5.78 Å². The van der Waals surface area contributed by atoms with Crippen molar-refractivity contribution in [3.05, 3.63) is 24.2 Å². The van der Waals surface area contributed by atoms with Crippen LogP contribution in [0.5, 0.6) is 0 Å². The van der Waals surface area contributed by atoms with E-state index >= 15 is 0 Å². The molecule has 0 saturated heterocycles. The Kier molecular flexibility index (Phi) is 2.83. The van der Waals surface area contributed by atoms with E-state index in [0.717, 1.165) is 0 Å². The predicted molar refractivity (Wildman–Crippen MR) is 37.2 cm³/mol. The van der Waals surface area contributed by atoms with Crippen molar-refractivity contribution in [1.82, 2.24) is 5.48 Å². The number of hydroxylamine groups is 1. The van der Waals surface area contributed by atoms with Gasteiger partial charge in [-0.15, -0.1) is 0 Å². The van der Waals surface area contributed by atoms with Crippen molar-refractivity contribution in [1.29, 1.82) is 0 Å². The van der Waals surface area contributed by atoms with Crippen LogP contribution in [-0.4, -0.2) is 17.5 Å². The molecule has 1 aromatic rings. The predicted octanol–water partition coefficient (Wildman–Crippen LogP) is 0.370. The minimum absolute atomic E-state index is 0.0410. The van der Waals surface area contributed by atoms with Crippen LogP contribution < -0.4 is 5.48 Å². The second kappa shape index (κ2) is 3.90. The van der Waals surface area contributed by atoms with Crippen LogP contribution in [0.3, 0.4) is 0 Å². The third-order valence-electron chi connectivity index (χ3n) is 1.23. The van der Waals surface area contributed by atoms with E-state index in [-0.39, 0.29) is 18.7 Å². The number of hydrogen-bond donors (Lipinski definition) is 2. The molecule has 4 nitrogen and oxygen atoms in total. The van der Waals surface area contributed by atoms with E-state index in [4.69, 9.17) is 9.62 Å². The molecule has 0 bridgehead atoms. The number of hydrogen-bond acceptors (Lipinski definition) is 4. The van der Waals surface area contributed by atoms with Gasteiger partial charge in [0, 0.05) is 0 Å². The number of ketones is 1. The molecule has 0 unspecified atom stereocenters. The largest absolute Gasteiger partial charge is 0.469 e. The zero-order chi connectivity index (χ0) is 8.10. The van der Waals surface area contributed by atoms with E-state index in [1.165, 1.54) is 6.26 Å². The van der Waals surface area contributed by atoms with Crippen molar-refractivity contribution in [3.8, 4) is 0 Å². The van der Waals surface area contributed by atoms with Gasteiger partial charge >= 0.3 is 0 Å². The second-order valence-electron chi connectivity index (χ2n) is 2.13. The van der Waals surface area contributed by atoms with Gasteiger partial charge in [0.2, 0.25) is 0 Å². The minimum atomic E-state index is -0.109. The van der Waals surface area contributed by atoms with Gasteiger partial charge in [0.05, 0.1) is 19.2 Å². The molecule has 1 aromatic heterocycles. The number of carbonyl (C=O) groups excluding carboxylic acids is 1. The summed E-state index contributed by atoms with van der Waals surface area (Å²) in [5.74, 6) is 0.507. The van der Waals surface area contributed by atoms with Gasteiger partial charge in [0.25, 0.3) is 0 Å². The fraction of sp³-hybridized carbons (Fsp3) is 0.286. The molecule has 4 heteroatoms. The normalized spacial score (nSPS) is 9.91. The lowest BCUT2D eigenvalue weighted by atomic mass is 10.2. The van der Waals surface area contributed by atoms with Crippen molar-refractivity contribution in [2.45, 2.75) is 6.42 Å². The molecule has 0 atom stereocenters. The molecule has 0 fully saturated rings. The molecule has 60 valence electrons. The number of Topliss-reactive ketones (excluding diaryl/α,β-unsaturated/α-hetero) is 1. The highest BCUT2D eigenvalue weighted by Crippen LogP contribution is 2.00. The molecule has 1 heterocycles. The monoisotopic (exact) mass is 155 g/mol. The van der Waals surface area contributed by atoms with E-state index in [0.29, 0.717) is 5.76 Å². The average Bonchev–Trinajstić information content (AvgIpc) is 2.40. The lowest BCUT2D eigenvalue weighted by molar-refractivity contribution is -0.119. The first-order valence-corrected chi connectivity index (χ1v) is 3.24. The Morgan fingerprint density at radius 2 is 2.55 bits per heavy atom. The Bertz CT molecular complexity index is 218. The second-order valence-corrected chi connectivity index (χ2v) is 2.13. The Hall–Kier alpha value is -1.13. The average molecular weight is 155 g/mol. The van der Waals surface area contributed by atoms with Gasteiger partial charge in [-0.1, -0.05) is 0 Å². The van der Waals surface area contributed by atoms with Crippen molar-refractivity contribution < 1.29 is 14.4 Å². The quantitative estimate of drug-likeness (QED) is 0.616. The van der Waals surface area contributed by atoms with Gasteiger partial charge in [-0.2, -0.15) is 5.48 Å². The van der Waals surface area contributed by atoms with Gasteiger partial charge in [-0.05, 0) is 12.1 Å². The standard InChI is InChI=1S/C7H9NO3/c9-6(5-8-10)4-7-2-1-3-11-7/h1-3,8,10H,4-5H2. The summed E-state index contributed by atoms with van der Waals surface area (Å²) in [4.78, 5) is 10.8. The molecule has 1 rings (SSSR count). The van der Waals surface area contributed by atoms with Crippen LogP contribution in [0.15, 0.2) is 22.8 Å². The van der Waals surface area contributed by atoms with Gasteiger partial charge in [0.1, 0.15) is 5.76 Å². The fourth-order valence-electron chi connectivity index (χ4n) is 0.758. The highest BCUT2D eigenvalue weighted by molar-refractivity contribution is 5.82. The van der Waals surface area contributed by atoms with E-state index in [1.807, 2.05) is 0 Å².